The maximum Gasteiger partial charge on any atom is 0.187 e. The highest BCUT2D eigenvalue weighted by Gasteiger charge is 2.43. The SMILES string of the molecule is Cc1cccc(CCC2(Cn3ccnc3)OC(C)C(C)O2)c1. The predicted molar refractivity (Wildman–Crippen MR) is 85.6 cm³/mol. The Labute approximate surface area is 132 Å². The van der Waals surface area contributed by atoms with E-state index < -0.39 is 5.79 Å². The second kappa shape index (κ2) is 6.23. The first-order chi connectivity index (χ1) is 10.6. The standard InChI is InChI=1S/C18H24N2O2/c1-14-5-4-6-17(11-14)7-8-18(12-20-10-9-19-13-20)21-15(2)16(3)22-18/h4-6,9-11,13,15-16H,7-8,12H2,1-3H3. The van der Waals surface area contributed by atoms with Crippen LogP contribution in [0.5, 0.6) is 0 Å². The molecule has 4 nitrogen and oxygen atoms in total. The summed E-state index contributed by atoms with van der Waals surface area (Å²) >= 11 is 0. The molecule has 0 N–H and O–H groups in total. The number of hydrogen-bond acceptors (Lipinski definition) is 3. The van der Waals surface area contributed by atoms with Crippen LogP contribution in [0.25, 0.3) is 0 Å². The van der Waals surface area contributed by atoms with Crippen molar-refractivity contribution in [2.75, 3.05) is 0 Å². The summed E-state index contributed by atoms with van der Waals surface area (Å²) in [5.74, 6) is -0.566. The Morgan fingerprint density at radius 2 is 2.00 bits per heavy atom. The average Bonchev–Trinajstić information content (AvgIpc) is 3.07. The van der Waals surface area contributed by atoms with Gasteiger partial charge in [0, 0.05) is 18.8 Å². The van der Waals surface area contributed by atoms with Crippen LogP contribution in [0.15, 0.2) is 43.0 Å². The van der Waals surface area contributed by atoms with Gasteiger partial charge in [0.1, 0.15) is 0 Å². The Kier molecular flexibility index (Phi) is 4.32. The Morgan fingerprint density at radius 3 is 2.64 bits per heavy atom. The summed E-state index contributed by atoms with van der Waals surface area (Å²) in [6, 6.07) is 8.62. The normalized spacial score (nSPS) is 28.1. The molecule has 1 aromatic carbocycles. The number of nitrogens with zero attached hydrogens (tertiary/aromatic N) is 2. The van der Waals surface area contributed by atoms with Gasteiger partial charge in [-0.05, 0) is 32.8 Å². The maximum absolute atomic E-state index is 6.22. The van der Waals surface area contributed by atoms with Crippen molar-refractivity contribution in [2.24, 2.45) is 0 Å². The summed E-state index contributed by atoms with van der Waals surface area (Å²) in [5.41, 5.74) is 2.61. The summed E-state index contributed by atoms with van der Waals surface area (Å²) in [6.07, 6.45) is 7.56. The molecule has 2 atom stereocenters. The zero-order valence-corrected chi connectivity index (χ0v) is 13.5. The van der Waals surface area contributed by atoms with E-state index in [-0.39, 0.29) is 12.2 Å². The van der Waals surface area contributed by atoms with Crippen LogP contribution in [0, 0.1) is 6.92 Å². The summed E-state index contributed by atoms with van der Waals surface area (Å²) in [4.78, 5) is 4.12. The second-order valence-electron chi connectivity index (χ2n) is 6.28. The lowest BCUT2D eigenvalue weighted by atomic mass is 10.0. The molecule has 0 bridgehead atoms. The number of imidazole rings is 1. The quantitative estimate of drug-likeness (QED) is 0.849. The van der Waals surface area contributed by atoms with E-state index in [2.05, 4.69) is 50.0 Å². The molecule has 3 rings (SSSR count). The van der Waals surface area contributed by atoms with Gasteiger partial charge < -0.3 is 14.0 Å². The third-order valence-electron chi connectivity index (χ3n) is 4.32. The van der Waals surface area contributed by atoms with E-state index in [0.29, 0.717) is 6.54 Å². The van der Waals surface area contributed by atoms with Crippen molar-refractivity contribution >= 4 is 0 Å². The zero-order valence-electron chi connectivity index (χ0n) is 13.5. The minimum Gasteiger partial charge on any atom is -0.342 e. The van der Waals surface area contributed by atoms with Crippen molar-refractivity contribution in [3.05, 3.63) is 54.1 Å². The maximum atomic E-state index is 6.22. The molecule has 2 heterocycles. The fourth-order valence-corrected chi connectivity index (χ4v) is 3.03. The molecular formula is C18H24N2O2. The van der Waals surface area contributed by atoms with Crippen molar-refractivity contribution in [3.8, 4) is 0 Å². The highest BCUT2D eigenvalue weighted by Crippen LogP contribution is 2.34. The van der Waals surface area contributed by atoms with Crippen molar-refractivity contribution in [1.82, 2.24) is 9.55 Å². The van der Waals surface area contributed by atoms with Gasteiger partial charge in [0.15, 0.2) is 5.79 Å². The highest BCUT2D eigenvalue weighted by atomic mass is 16.8. The Hall–Kier alpha value is -1.65. The van der Waals surface area contributed by atoms with E-state index in [1.165, 1.54) is 11.1 Å². The van der Waals surface area contributed by atoms with E-state index in [1.54, 1.807) is 6.20 Å². The van der Waals surface area contributed by atoms with E-state index in [4.69, 9.17) is 9.47 Å². The van der Waals surface area contributed by atoms with Gasteiger partial charge in [-0.15, -0.1) is 0 Å². The number of benzene rings is 1. The van der Waals surface area contributed by atoms with Crippen molar-refractivity contribution in [3.63, 3.8) is 0 Å². The summed E-state index contributed by atoms with van der Waals surface area (Å²) in [7, 11) is 0. The van der Waals surface area contributed by atoms with Crippen LogP contribution in [0.2, 0.25) is 0 Å². The fraction of sp³-hybridized carbons (Fsp3) is 0.500. The van der Waals surface area contributed by atoms with Crippen LogP contribution in [-0.2, 0) is 22.4 Å². The van der Waals surface area contributed by atoms with Gasteiger partial charge in [0.25, 0.3) is 0 Å². The van der Waals surface area contributed by atoms with Crippen LogP contribution in [0.1, 0.15) is 31.4 Å². The third-order valence-corrected chi connectivity index (χ3v) is 4.32. The summed E-state index contributed by atoms with van der Waals surface area (Å²) < 4.78 is 14.5. The molecule has 0 saturated carbocycles. The number of hydrogen-bond donors (Lipinski definition) is 0. The Bertz CT molecular complexity index is 599. The van der Waals surface area contributed by atoms with Crippen LogP contribution in [-0.4, -0.2) is 27.5 Å². The van der Waals surface area contributed by atoms with E-state index >= 15 is 0 Å². The molecule has 0 aliphatic carbocycles. The average molecular weight is 300 g/mol. The minimum absolute atomic E-state index is 0.112. The highest BCUT2D eigenvalue weighted by molar-refractivity contribution is 5.22. The van der Waals surface area contributed by atoms with Crippen LogP contribution < -0.4 is 0 Å². The smallest absolute Gasteiger partial charge is 0.187 e. The van der Waals surface area contributed by atoms with Gasteiger partial charge in [-0.1, -0.05) is 29.8 Å². The summed E-state index contributed by atoms with van der Waals surface area (Å²) in [6.45, 7) is 6.95. The van der Waals surface area contributed by atoms with Crippen molar-refractivity contribution in [2.45, 2.75) is 58.2 Å². The molecule has 2 unspecified atom stereocenters. The third kappa shape index (κ3) is 3.39. The first-order valence-electron chi connectivity index (χ1n) is 7.93. The molecule has 4 heteroatoms. The molecule has 118 valence electrons. The molecule has 0 spiro atoms. The lowest BCUT2D eigenvalue weighted by molar-refractivity contribution is -0.186. The fourth-order valence-electron chi connectivity index (χ4n) is 3.03. The number of ether oxygens (including phenoxy) is 2. The Balaban J connectivity index is 1.74. The molecule has 1 aliphatic rings. The molecule has 1 aromatic heterocycles. The Morgan fingerprint density at radius 1 is 1.23 bits per heavy atom. The molecule has 0 amide bonds. The van der Waals surface area contributed by atoms with Gasteiger partial charge in [-0.3, -0.25) is 0 Å². The summed E-state index contributed by atoms with van der Waals surface area (Å²) in [5, 5.41) is 0. The van der Waals surface area contributed by atoms with Crippen LogP contribution >= 0.6 is 0 Å². The predicted octanol–water partition coefficient (Wildman–Crippen LogP) is 3.34. The van der Waals surface area contributed by atoms with Gasteiger partial charge in [-0.25, -0.2) is 4.98 Å². The molecule has 0 radical (unpaired) electrons. The van der Waals surface area contributed by atoms with Gasteiger partial charge in [0.05, 0.1) is 25.1 Å². The van der Waals surface area contributed by atoms with Gasteiger partial charge >= 0.3 is 0 Å². The van der Waals surface area contributed by atoms with E-state index in [0.717, 1.165) is 12.8 Å². The van der Waals surface area contributed by atoms with E-state index in [9.17, 15) is 0 Å². The largest absolute Gasteiger partial charge is 0.342 e. The number of aromatic nitrogens is 2. The molecule has 22 heavy (non-hydrogen) atoms. The van der Waals surface area contributed by atoms with E-state index in [1.807, 2.05) is 17.1 Å². The number of rotatable bonds is 5. The van der Waals surface area contributed by atoms with Crippen molar-refractivity contribution < 1.29 is 9.47 Å². The first kappa shape index (κ1) is 15.3. The van der Waals surface area contributed by atoms with Crippen LogP contribution in [0.3, 0.4) is 0 Å². The van der Waals surface area contributed by atoms with Crippen molar-refractivity contribution in [1.29, 1.82) is 0 Å². The second-order valence-corrected chi connectivity index (χ2v) is 6.28. The molecule has 1 fully saturated rings. The monoisotopic (exact) mass is 300 g/mol. The lowest BCUT2D eigenvalue weighted by Crippen LogP contribution is -2.36. The number of aryl methyl sites for hydroxylation is 2. The molecule has 1 aliphatic heterocycles. The molecule has 2 aromatic rings. The first-order valence-corrected chi connectivity index (χ1v) is 7.93. The van der Waals surface area contributed by atoms with Gasteiger partial charge in [0.2, 0.25) is 0 Å². The molecular weight excluding hydrogens is 276 g/mol. The zero-order chi connectivity index (χ0) is 15.6. The van der Waals surface area contributed by atoms with Crippen LogP contribution in [0.4, 0.5) is 0 Å². The lowest BCUT2D eigenvalue weighted by Gasteiger charge is -2.28. The minimum atomic E-state index is -0.566. The topological polar surface area (TPSA) is 36.3 Å². The molecule has 1 saturated heterocycles. The van der Waals surface area contributed by atoms with Gasteiger partial charge in [-0.2, -0.15) is 0 Å².